The summed E-state index contributed by atoms with van der Waals surface area (Å²) < 4.78 is 5.01. The van der Waals surface area contributed by atoms with E-state index in [2.05, 4.69) is 4.98 Å². The van der Waals surface area contributed by atoms with E-state index in [9.17, 15) is 25.0 Å². The van der Waals surface area contributed by atoms with Gasteiger partial charge in [0.25, 0.3) is 5.69 Å². The zero-order valence-electron chi connectivity index (χ0n) is 17.4. The van der Waals surface area contributed by atoms with E-state index in [1.54, 1.807) is 51.9 Å². The molecule has 0 unspecified atom stereocenters. The second-order valence-electron chi connectivity index (χ2n) is 6.74. The number of nitrogens with zero attached hydrogens (tertiary/aromatic N) is 3. The highest BCUT2D eigenvalue weighted by Crippen LogP contribution is 2.29. The maximum absolute atomic E-state index is 12.9. The molecule has 1 aromatic heterocycles. The highest BCUT2D eigenvalue weighted by molar-refractivity contribution is 6.15. The van der Waals surface area contributed by atoms with Crippen LogP contribution in [0, 0.1) is 35.3 Å². The first-order valence-electron chi connectivity index (χ1n) is 9.10. The van der Waals surface area contributed by atoms with Gasteiger partial charge in [-0.05, 0) is 44.0 Å². The summed E-state index contributed by atoms with van der Waals surface area (Å²) in [6.07, 6.45) is 1.29. The fourth-order valence-corrected chi connectivity index (χ4v) is 3.09. The number of nitrogens with one attached hydrogen (secondary N) is 1. The summed E-state index contributed by atoms with van der Waals surface area (Å²) in [6.45, 7) is 5.10. The second kappa shape index (κ2) is 9.05. The Morgan fingerprint density at radius 2 is 2.00 bits per heavy atom. The van der Waals surface area contributed by atoms with Crippen LogP contribution in [0.4, 0.5) is 11.4 Å². The van der Waals surface area contributed by atoms with Crippen molar-refractivity contribution in [3.63, 3.8) is 0 Å². The third-order valence-electron chi connectivity index (χ3n) is 4.50. The monoisotopic (exact) mass is 410 g/mol. The van der Waals surface area contributed by atoms with Gasteiger partial charge in [0.15, 0.2) is 0 Å². The van der Waals surface area contributed by atoms with E-state index >= 15 is 0 Å². The molecule has 30 heavy (non-hydrogen) atoms. The molecule has 9 heteroatoms. The zero-order valence-corrected chi connectivity index (χ0v) is 17.4. The summed E-state index contributed by atoms with van der Waals surface area (Å²) in [5.74, 6) is -1.17. The number of aryl methyl sites for hydroxylation is 1. The van der Waals surface area contributed by atoms with E-state index < -0.39 is 16.7 Å². The van der Waals surface area contributed by atoms with Gasteiger partial charge in [-0.15, -0.1) is 0 Å². The third kappa shape index (κ3) is 4.38. The van der Waals surface area contributed by atoms with Crippen molar-refractivity contribution in [1.82, 2.24) is 4.98 Å². The fraction of sp³-hybridized carbons (Fsp3) is 0.286. The molecule has 1 aromatic carbocycles. The van der Waals surface area contributed by atoms with Crippen molar-refractivity contribution in [1.29, 1.82) is 5.26 Å². The number of esters is 1. The smallest absolute Gasteiger partial charge is 0.340 e. The maximum atomic E-state index is 12.9. The van der Waals surface area contributed by atoms with Crippen molar-refractivity contribution in [3.8, 4) is 6.07 Å². The van der Waals surface area contributed by atoms with E-state index in [-0.39, 0.29) is 29.1 Å². The van der Waals surface area contributed by atoms with Crippen molar-refractivity contribution in [3.05, 3.63) is 62.0 Å². The van der Waals surface area contributed by atoms with Gasteiger partial charge in [-0.2, -0.15) is 5.26 Å². The third-order valence-corrected chi connectivity index (χ3v) is 4.50. The van der Waals surface area contributed by atoms with Crippen molar-refractivity contribution in [2.24, 2.45) is 0 Å². The van der Waals surface area contributed by atoms with Gasteiger partial charge in [-0.3, -0.25) is 14.9 Å². The number of ether oxygens (including phenoxy) is 1. The number of hydrogen-bond donors (Lipinski definition) is 1. The highest BCUT2D eigenvalue weighted by atomic mass is 16.6. The highest BCUT2D eigenvalue weighted by Gasteiger charge is 2.25. The van der Waals surface area contributed by atoms with Crippen LogP contribution in [0.5, 0.6) is 0 Å². The number of ketones is 1. The normalized spacial score (nSPS) is 11.0. The minimum Gasteiger partial charge on any atom is -0.462 e. The van der Waals surface area contributed by atoms with Crippen LogP contribution in [0.25, 0.3) is 6.08 Å². The Bertz CT molecular complexity index is 1090. The summed E-state index contributed by atoms with van der Waals surface area (Å²) in [5.41, 5.74) is 1.56. The van der Waals surface area contributed by atoms with Gasteiger partial charge in [0.1, 0.15) is 17.3 Å². The average Bonchev–Trinajstić information content (AvgIpc) is 2.99. The summed E-state index contributed by atoms with van der Waals surface area (Å²) in [4.78, 5) is 40.4. The SMILES string of the molecule is CCOC(=O)c1c(C)[nH]c(C(=O)/C(C#N)=C\c2ccc(N(C)C)c([N+](=O)[O-])c2)c1C. The number of benzene rings is 1. The number of nitriles is 1. The van der Waals surface area contributed by atoms with Gasteiger partial charge in [-0.1, -0.05) is 6.07 Å². The largest absolute Gasteiger partial charge is 0.462 e. The lowest BCUT2D eigenvalue weighted by Gasteiger charge is -2.12. The quantitative estimate of drug-likeness (QED) is 0.184. The Morgan fingerprint density at radius 1 is 1.33 bits per heavy atom. The Balaban J connectivity index is 2.50. The van der Waals surface area contributed by atoms with Crippen LogP contribution in [0.1, 0.15) is 44.6 Å². The van der Waals surface area contributed by atoms with Crippen molar-refractivity contribution in [2.45, 2.75) is 20.8 Å². The Morgan fingerprint density at radius 3 is 2.53 bits per heavy atom. The molecule has 0 aliphatic rings. The number of nitro benzene ring substituents is 1. The molecule has 2 aromatic rings. The molecular weight excluding hydrogens is 388 g/mol. The summed E-state index contributed by atoms with van der Waals surface area (Å²) in [5, 5.41) is 20.9. The molecule has 9 nitrogen and oxygen atoms in total. The maximum Gasteiger partial charge on any atom is 0.340 e. The molecule has 0 aliphatic carbocycles. The van der Waals surface area contributed by atoms with Crippen molar-refractivity contribution >= 4 is 29.2 Å². The molecule has 0 amide bonds. The number of anilines is 1. The van der Waals surface area contributed by atoms with Crippen LogP contribution in [0.15, 0.2) is 23.8 Å². The van der Waals surface area contributed by atoms with Gasteiger partial charge in [0.2, 0.25) is 5.78 Å². The Labute approximate surface area is 173 Å². The molecule has 0 saturated carbocycles. The first-order valence-corrected chi connectivity index (χ1v) is 9.10. The number of H-pyrrole nitrogens is 1. The molecule has 1 heterocycles. The fourth-order valence-electron chi connectivity index (χ4n) is 3.09. The lowest BCUT2D eigenvalue weighted by molar-refractivity contribution is -0.384. The molecule has 2 rings (SSSR count). The molecule has 1 N–H and O–H groups in total. The molecule has 156 valence electrons. The molecule has 0 atom stereocenters. The Hall–Kier alpha value is -3.93. The number of carbonyl (C=O) groups excluding carboxylic acids is 2. The van der Waals surface area contributed by atoms with Gasteiger partial charge >= 0.3 is 5.97 Å². The number of nitro groups is 1. The van der Waals surface area contributed by atoms with Crippen molar-refractivity contribution < 1.29 is 19.2 Å². The van der Waals surface area contributed by atoms with Crippen LogP contribution >= 0.6 is 0 Å². The van der Waals surface area contributed by atoms with Gasteiger partial charge in [-0.25, -0.2) is 4.79 Å². The molecule has 0 radical (unpaired) electrons. The zero-order chi connectivity index (χ0) is 22.6. The molecule has 0 spiro atoms. The second-order valence-corrected chi connectivity index (χ2v) is 6.74. The predicted molar refractivity (Wildman–Crippen MR) is 112 cm³/mol. The van der Waals surface area contributed by atoms with E-state index in [0.717, 1.165) is 0 Å². The minimum atomic E-state index is -0.618. The van der Waals surface area contributed by atoms with E-state index in [1.165, 1.54) is 12.1 Å². The summed E-state index contributed by atoms with van der Waals surface area (Å²) >= 11 is 0. The molecule has 0 fully saturated rings. The molecule has 0 saturated heterocycles. The summed E-state index contributed by atoms with van der Waals surface area (Å²) in [7, 11) is 3.36. The molecular formula is C21H22N4O5. The van der Waals surface area contributed by atoms with Crippen LogP contribution < -0.4 is 4.90 Å². The number of hydrogen-bond acceptors (Lipinski definition) is 7. The number of carbonyl (C=O) groups is 2. The van der Waals surface area contributed by atoms with Crippen LogP contribution in [0.3, 0.4) is 0 Å². The first kappa shape index (κ1) is 22.4. The molecule has 0 aliphatic heterocycles. The standard InChI is InChI=1S/C21H22N4O5/c1-6-30-21(27)18-12(2)19(23-13(18)3)20(26)15(11-22)9-14-7-8-16(24(4)5)17(10-14)25(28)29/h7-10,23H,6H2,1-5H3/b15-9-. The van der Waals surface area contributed by atoms with Crippen molar-refractivity contribution in [2.75, 3.05) is 25.6 Å². The number of Topliss-reactive ketones (excluding diaryl/α,β-unsaturated/α-hetero) is 1. The van der Waals surface area contributed by atoms with E-state index in [4.69, 9.17) is 4.74 Å². The van der Waals surface area contributed by atoms with E-state index in [1.807, 2.05) is 6.07 Å². The van der Waals surface area contributed by atoms with Crippen LogP contribution in [-0.4, -0.2) is 42.4 Å². The topological polar surface area (TPSA) is 129 Å². The lowest BCUT2D eigenvalue weighted by atomic mass is 10.0. The number of allylic oxidation sites excluding steroid dienone is 1. The van der Waals surface area contributed by atoms with Gasteiger partial charge in [0, 0.05) is 25.9 Å². The molecule has 0 bridgehead atoms. The summed E-state index contributed by atoms with van der Waals surface area (Å²) in [6, 6.07) is 6.28. The van der Waals surface area contributed by atoms with Gasteiger partial charge in [0.05, 0.1) is 22.8 Å². The number of aromatic amines is 1. The van der Waals surface area contributed by atoms with Crippen LogP contribution in [-0.2, 0) is 4.74 Å². The number of aromatic nitrogens is 1. The lowest BCUT2D eigenvalue weighted by Crippen LogP contribution is -2.11. The predicted octanol–water partition coefficient (Wildman–Crippen LogP) is 3.57. The van der Waals surface area contributed by atoms with Crippen LogP contribution in [0.2, 0.25) is 0 Å². The first-order chi connectivity index (χ1) is 14.1. The van der Waals surface area contributed by atoms with Gasteiger partial charge < -0.3 is 14.6 Å². The minimum absolute atomic E-state index is 0.0998. The Kier molecular flexibility index (Phi) is 6.74. The number of rotatable bonds is 7. The van der Waals surface area contributed by atoms with E-state index in [0.29, 0.717) is 22.5 Å². The average molecular weight is 410 g/mol.